The third kappa shape index (κ3) is 5.47. The van der Waals surface area contributed by atoms with Crippen LogP contribution in [0.25, 0.3) is 10.9 Å². The summed E-state index contributed by atoms with van der Waals surface area (Å²) in [4.78, 5) is 30.1. The van der Waals surface area contributed by atoms with Gasteiger partial charge in [0.05, 0.1) is 24.4 Å². The first-order valence-electron chi connectivity index (χ1n) is 10.9. The highest BCUT2D eigenvalue weighted by atomic mass is 19.4. The first-order chi connectivity index (χ1) is 16.5. The van der Waals surface area contributed by atoms with Crippen LogP contribution in [0.2, 0.25) is 0 Å². The number of hydrogen-bond acceptors (Lipinski definition) is 6. The standard InChI is InChI=1S/C23H25F3N6O3/c1-13(33)32-11-15(6-16(12-32)29-22(34)14-9-27-31(2)10-14)28-20-8-21(23(24,25)26)30-19-5-4-17(35-3)7-18(19)20/h4-5,7-10,15-16H,6,11-12H2,1-3H3,(H,28,30)(H,29,34)/t15-,16+/m1/s1. The predicted molar refractivity (Wildman–Crippen MR) is 122 cm³/mol. The molecule has 35 heavy (non-hydrogen) atoms. The minimum atomic E-state index is -4.64. The highest BCUT2D eigenvalue weighted by molar-refractivity contribution is 5.94. The molecule has 2 amide bonds. The minimum absolute atomic E-state index is 0.156. The number of aryl methyl sites for hydroxylation is 1. The van der Waals surface area contributed by atoms with E-state index >= 15 is 0 Å². The van der Waals surface area contributed by atoms with Crippen molar-refractivity contribution in [1.29, 1.82) is 0 Å². The summed E-state index contributed by atoms with van der Waals surface area (Å²) < 4.78 is 47.3. The van der Waals surface area contributed by atoms with Gasteiger partial charge in [-0.1, -0.05) is 0 Å². The molecule has 0 spiro atoms. The number of hydrogen-bond donors (Lipinski definition) is 2. The van der Waals surface area contributed by atoms with Crippen molar-refractivity contribution in [3.63, 3.8) is 0 Å². The number of piperidine rings is 1. The first-order valence-corrected chi connectivity index (χ1v) is 10.9. The van der Waals surface area contributed by atoms with E-state index in [1.54, 1.807) is 30.3 Å². The molecule has 9 nitrogen and oxygen atoms in total. The number of anilines is 1. The molecule has 3 aromatic rings. The van der Waals surface area contributed by atoms with Crippen LogP contribution in [0, 0.1) is 0 Å². The van der Waals surface area contributed by atoms with Gasteiger partial charge in [0, 0.05) is 56.4 Å². The van der Waals surface area contributed by atoms with Gasteiger partial charge in [-0.3, -0.25) is 14.3 Å². The maximum atomic E-state index is 13.5. The molecule has 1 aliphatic rings. The zero-order valence-corrected chi connectivity index (χ0v) is 19.4. The highest BCUT2D eigenvalue weighted by Crippen LogP contribution is 2.35. The number of fused-ring (bicyclic) bond motifs is 1. The number of benzene rings is 1. The van der Waals surface area contributed by atoms with Crippen molar-refractivity contribution >= 4 is 28.4 Å². The monoisotopic (exact) mass is 490 g/mol. The van der Waals surface area contributed by atoms with Crippen LogP contribution in [0.3, 0.4) is 0 Å². The van der Waals surface area contributed by atoms with Gasteiger partial charge in [-0.05, 0) is 30.7 Å². The molecule has 186 valence electrons. The molecule has 0 aliphatic carbocycles. The summed E-state index contributed by atoms with van der Waals surface area (Å²) in [6.45, 7) is 1.97. The van der Waals surface area contributed by atoms with Gasteiger partial charge in [0.25, 0.3) is 5.91 Å². The largest absolute Gasteiger partial charge is 0.497 e. The molecule has 1 fully saturated rings. The van der Waals surface area contributed by atoms with Crippen LogP contribution in [0.1, 0.15) is 29.4 Å². The molecule has 2 aromatic heterocycles. The summed E-state index contributed by atoms with van der Waals surface area (Å²) in [6.07, 6.45) is -1.23. The number of alkyl halides is 3. The lowest BCUT2D eigenvalue weighted by molar-refractivity contribution is -0.140. The van der Waals surface area contributed by atoms with Crippen molar-refractivity contribution < 1.29 is 27.5 Å². The van der Waals surface area contributed by atoms with Gasteiger partial charge >= 0.3 is 6.18 Å². The quantitative estimate of drug-likeness (QED) is 0.571. The van der Waals surface area contributed by atoms with E-state index in [1.165, 1.54) is 31.0 Å². The van der Waals surface area contributed by atoms with Crippen molar-refractivity contribution in [2.75, 3.05) is 25.5 Å². The van der Waals surface area contributed by atoms with Crippen molar-refractivity contribution in [3.05, 3.63) is 47.9 Å². The lowest BCUT2D eigenvalue weighted by Gasteiger charge is -2.38. The smallest absolute Gasteiger partial charge is 0.433 e. The Morgan fingerprint density at radius 2 is 1.91 bits per heavy atom. The number of carbonyl (C=O) groups excluding carboxylic acids is 2. The summed E-state index contributed by atoms with van der Waals surface area (Å²) in [7, 11) is 3.16. The Morgan fingerprint density at radius 3 is 2.54 bits per heavy atom. The molecule has 3 heterocycles. The Kier molecular flexibility index (Phi) is 6.55. The topological polar surface area (TPSA) is 101 Å². The zero-order chi connectivity index (χ0) is 25.3. The van der Waals surface area contributed by atoms with Crippen LogP contribution in [0.5, 0.6) is 5.75 Å². The molecule has 2 N–H and O–H groups in total. The van der Waals surface area contributed by atoms with Gasteiger partial charge in [-0.25, -0.2) is 4.98 Å². The second-order valence-corrected chi connectivity index (χ2v) is 8.51. The first kappa shape index (κ1) is 24.3. The number of rotatable bonds is 5. The van der Waals surface area contributed by atoms with Crippen molar-refractivity contribution in [2.45, 2.75) is 31.6 Å². The third-order valence-electron chi connectivity index (χ3n) is 5.86. The number of nitrogens with one attached hydrogen (secondary N) is 2. The Morgan fingerprint density at radius 1 is 1.17 bits per heavy atom. The molecule has 4 rings (SSSR count). The molecular weight excluding hydrogens is 465 g/mol. The van der Waals surface area contributed by atoms with E-state index in [0.29, 0.717) is 23.1 Å². The predicted octanol–water partition coefficient (Wildman–Crippen LogP) is 2.83. The van der Waals surface area contributed by atoms with Crippen molar-refractivity contribution in [1.82, 2.24) is 25.0 Å². The van der Waals surface area contributed by atoms with Crippen LogP contribution >= 0.6 is 0 Å². The van der Waals surface area contributed by atoms with Crippen molar-refractivity contribution in [3.8, 4) is 5.75 Å². The lowest BCUT2D eigenvalue weighted by atomic mass is 9.99. The van der Waals surface area contributed by atoms with Crippen LogP contribution in [-0.2, 0) is 18.0 Å². The molecule has 0 radical (unpaired) electrons. The third-order valence-corrected chi connectivity index (χ3v) is 5.86. The molecule has 2 atom stereocenters. The summed E-state index contributed by atoms with van der Waals surface area (Å²) in [6, 6.07) is 4.73. The van der Waals surface area contributed by atoms with Crippen LogP contribution in [-0.4, -0.2) is 63.8 Å². The fourth-order valence-corrected chi connectivity index (χ4v) is 4.19. The number of halogens is 3. The highest BCUT2D eigenvalue weighted by Gasteiger charge is 2.35. The summed E-state index contributed by atoms with van der Waals surface area (Å²) in [5.41, 5.74) is -0.282. The average molecular weight is 490 g/mol. The molecule has 1 aliphatic heterocycles. The van der Waals surface area contributed by atoms with Crippen LogP contribution in [0.4, 0.5) is 18.9 Å². The molecule has 0 bridgehead atoms. The average Bonchev–Trinajstić information content (AvgIpc) is 3.24. The lowest BCUT2D eigenvalue weighted by Crippen LogP contribution is -2.55. The summed E-state index contributed by atoms with van der Waals surface area (Å²) >= 11 is 0. The van der Waals surface area contributed by atoms with Gasteiger partial charge in [0.15, 0.2) is 0 Å². The number of pyridine rings is 1. The fraction of sp³-hybridized carbons (Fsp3) is 0.391. The minimum Gasteiger partial charge on any atom is -0.497 e. The van der Waals surface area contributed by atoms with E-state index in [0.717, 1.165) is 6.07 Å². The number of amides is 2. The second-order valence-electron chi connectivity index (χ2n) is 8.51. The summed E-state index contributed by atoms with van der Waals surface area (Å²) in [5, 5.41) is 10.5. The molecule has 0 unspecified atom stereocenters. The number of methoxy groups -OCH3 is 1. The summed E-state index contributed by atoms with van der Waals surface area (Å²) in [5.74, 6) is -0.0715. The van der Waals surface area contributed by atoms with Crippen LogP contribution in [0.15, 0.2) is 36.7 Å². The van der Waals surface area contributed by atoms with Gasteiger partial charge in [-0.2, -0.15) is 18.3 Å². The number of likely N-dealkylation sites (tertiary alicyclic amines) is 1. The molecule has 1 saturated heterocycles. The van der Waals surface area contributed by atoms with Crippen LogP contribution < -0.4 is 15.4 Å². The Bertz CT molecular complexity index is 1260. The maximum absolute atomic E-state index is 13.5. The van der Waals surface area contributed by atoms with E-state index in [2.05, 4.69) is 20.7 Å². The SMILES string of the molecule is COc1ccc2nc(C(F)(F)F)cc(N[C@@H]3C[C@H](NC(=O)c4cnn(C)c4)CN(C(C)=O)C3)c2c1. The fourth-order valence-electron chi connectivity index (χ4n) is 4.19. The van der Waals surface area contributed by atoms with Crippen molar-refractivity contribution in [2.24, 2.45) is 7.05 Å². The van der Waals surface area contributed by atoms with Gasteiger partial charge in [0.2, 0.25) is 5.91 Å². The van der Waals surface area contributed by atoms with E-state index in [4.69, 9.17) is 4.74 Å². The molecular formula is C23H25F3N6O3. The number of ether oxygens (including phenoxy) is 1. The maximum Gasteiger partial charge on any atom is 0.433 e. The number of aromatic nitrogens is 3. The number of nitrogens with zero attached hydrogens (tertiary/aromatic N) is 4. The van der Waals surface area contributed by atoms with E-state index in [9.17, 15) is 22.8 Å². The second kappa shape index (κ2) is 9.43. The molecule has 0 saturated carbocycles. The molecule has 1 aromatic carbocycles. The Labute approximate surface area is 199 Å². The van der Waals surface area contributed by atoms with E-state index < -0.39 is 24.0 Å². The normalized spacial score (nSPS) is 18.4. The van der Waals surface area contributed by atoms with E-state index in [1.807, 2.05) is 0 Å². The van der Waals surface area contributed by atoms with Gasteiger partial charge in [-0.15, -0.1) is 0 Å². The van der Waals surface area contributed by atoms with E-state index in [-0.39, 0.29) is 36.1 Å². The Balaban J connectivity index is 1.63. The molecule has 12 heteroatoms. The zero-order valence-electron chi connectivity index (χ0n) is 19.4. The van der Waals surface area contributed by atoms with Gasteiger partial charge < -0.3 is 20.3 Å². The number of carbonyl (C=O) groups is 2. The van der Waals surface area contributed by atoms with Gasteiger partial charge in [0.1, 0.15) is 11.4 Å². The Hall–Kier alpha value is -3.83.